The lowest BCUT2D eigenvalue weighted by molar-refractivity contribution is -0.139. The third kappa shape index (κ3) is 7.90. The number of hydrogen-bond donors (Lipinski definition) is 1. The summed E-state index contributed by atoms with van der Waals surface area (Å²) in [4.78, 5) is 27.5. The number of hydrogen-bond acceptors (Lipinski definition) is 5. The molecule has 0 unspecified atom stereocenters. The quantitative estimate of drug-likeness (QED) is 0.437. The SMILES string of the molecule is CCCNC(=O)[C@@H](C)N(Cc1ccc(Cl)c(Cl)c1)C(=O)CN(c1ccc(OC)c(Cl)c1)S(C)(=O)=O. The van der Waals surface area contributed by atoms with Gasteiger partial charge in [0.05, 0.1) is 34.1 Å². The van der Waals surface area contributed by atoms with Gasteiger partial charge in [0.25, 0.3) is 0 Å². The number of carbonyl (C=O) groups excluding carboxylic acids is 2. The van der Waals surface area contributed by atoms with Crippen LogP contribution in [0.3, 0.4) is 0 Å². The zero-order valence-corrected chi connectivity index (χ0v) is 22.9. The number of amides is 2. The molecular formula is C23H28Cl3N3O5S. The van der Waals surface area contributed by atoms with Crippen LogP contribution in [0.1, 0.15) is 25.8 Å². The molecule has 1 atom stereocenters. The van der Waals surface area contributed by atoms with Crippen LogP contribution in [0.2, 0.25) is 15.1 Å². The Morgan fingerprint density at radius 2 is 1.74 bits per heavy atom. The van der Waals surface area contributed by atoms with Gasteiger partial charge in [0, 0.05) is 13.1 Å². The number of halogens is 3. The molecule has 0 aliphatic rings. The molecule has 0 aliphatic heterocycles. The van der Waals surface area contributed by atoms with Gasteiger partial charge < -0.3 is 15.0 Å². The first-order valence-corrected chi connectivity index (χ1v) is 13.7. The van der Waals surface area contributed by atoms with E-state index in [4.69, 9.17) is 39.5 Å². The number of nitrogens with zero attached hydrogens (tertiary/aromatic N) is 2. The van der Waals surface area contributed by atoms with Gasteiger partial charge in [-0.25, -0.2) is 8.42 Å². The molecule has 0 heterocycles. The summed E-state index contributed by atoms with van der Waals surface area (Å²) in [6.07, 6.45) is 1.71. The zero-order chi connectivity index (χ0) is 26.3. The predicted molar refractivity (Wildman–Crippen MR) is 140 cm³/mol. The van der Waals surface area contributed by atoms with Crippen molar-refractivity contribution in [3.8, 4) is 5.75 Å². The second kappa shape index (κ2) is 12.7. The minimum atomic E-state index is -3.88. The van der Waals surface area contributed by atoms with E-state index in [9.17, 15) is 18.0 Å². The molecule has 2 amide bonds. The summed E-state index contributed by atoms with van der Waals surface area (Å²) in [7, 11) is -2.45. The molecule has 35 heavy (non-hydrogen) atoms. The van der Waals surface area contributed by atoms with Gasteiger partial charge in [0.15, 0.2) is 0 Å². The molecule has 2 aromatic rings. The van der Waals surface area contributed by atoms with Crippen LogP contribution in [-0.4, -0.2) is 57.6 Å². The number of sulfonamides is 1. The molecule has 0 aromatic heterocycles. The van der Waals surface area contributed by atoms with E-state index in [1.54, 1.807) is 25.1 Å². The lowest BCUT2D eigenvalue weighted by atomic mass is 10.1. The van der Waals surface area contributed by atoms with Crippen molar-refractivity contribution < 1.29 is 22.7 Å². The number of benzene rings is 2. The van der Waals surface area contributed by atoms with E-state index in [0.717, 1.165) is 17.0 Å². The number of anilines is 1. The lowest BCUT2D eigenvalue weighted by Gasteiger charge is -2.31. The van der Waals surface area contributed by atoms with Gasteiger partial charge in [-0.1, -0.05) is 47.8 Å². The largest absolute Gasteiger partial charge is 0.495 e. The molecule has 0 aliphatic carbocycles. The average Bonchev–Trinajstić information content (AvgIpc) is 2.80. The Morgan fingerprint density at radius 3 is 2.29 bits per heavy atom. The number of carbonyl (C=O) groups is 2. The summed E-state index contributed by atoms with van der Waals surface area (Å²) in [5, 5.41) is 3.60. The van der Waals surface area contributed by atoms with Crippen molar-refractivity contribution in [2.24, 2.45) is 0 Å². The number of rotatable bonds is 11. The molecule has 0 spiro atoms. The van der Waals surface area contributed by atoms with E-state index in [1.807, 2.05) is 6.92 Å². The van der Waals surface area contributed by atoms with E-state index in [2.05, 4.69) is 5.32 Å². The molecule has 0 bridgehead atoms. The summed E-state index contributed by atoms with van der Waals surface area (Å²) >= 11 is 18.3. The minimum Gasteiger partial charge on any atom is -0.495 e. The van der Waals surface area contributed by atoms with Crippen molar-refractivity contribution >= 4 is 62.3 Å². The van der Waals surface area contributed by atoms with Crippen molar-refractivity contribution in [2.75, 3.05) is 30.8 Å². The van der Waals surface area contributed by atoms with Gasteiger partial charge in [-0.05, 0) is 49.2 Å². The highest BCUT2D eigenvalue weighted by Gasteiger charge is 2.30. The van der Waals surface area contributed by atoms with Gasteiger partial charge in [-0.3, -0.25) is 13.9 Å². The van der Waals surface area contributed by atoms with Crippen molar-refractivity contribution in [1.29, 1.82) is 0 Å². The Kier molecular flexibility index (Phi) is 10.5. The van der Waals surface area contributed by atoms with Crippen LogP contribution in [0.15, 0.2) is 36.4 Å². The van der Waals surface area contributed by atoms with Crippen LogP contribution >= 0.6 is 34.8 Å². The van der Waals surface area contributed by atoms with Crippen molar-refractivity contribution in [3.05, 3.63) is 57.0 Å². The van der Waals surface area contributed by atoms with E-state index >= 15 is 0 Å². The summed E-state index contributed by atoms with van der Waals surface area (Å²) < 4.78 is 31.3. The number of methoxy groups -OCH3 is 1. The number of ether oxygens (including phenoxy) is 1. The Hall–Kier alpha value is -2.20. The molecular weight excluding hydrogens is 537 g/mol. The van der Waals surface area contributed by atoms with E-state index in [-0.39, 0.29) is 23.2 Å². The summed E-state index contributed by atoms with van der Waals surface area (Å²) in [6.45, 7) is 3.40. The standard InChI is InChI=1S/C23H28Cl3N3O5S/c1-5-10-27-23(31)15(2)28(13-16-6-8-18(24)19(25)11-16)22(30)14-29(35(4,32)33)17-7-9-21(34-3)20(26)12-17/h6-9,11-12,15H,5,10,13-14H2,1-4H3,(H,27,31)/t15-/m1/s1. The van der Waals surface area contributed by atoms with Crippen molar-refractivity contribution in [2.45, 2.75) is 32.9 Å². The zero-order valence-electron chi connectivity index (χ0n) is 19.8. The number of nitrogens with one attached hydrogen (secondary N) is 1. The van der Waals surface area contributed by atoms with Crippen LogP contribution in [0.25, 0.3) is 0 Å². The second-order valence-electron chi connectivity index (χ2n) is 7.83. The Labute approximate surface area is 221 Å². The third-order valence-electron chi connectivity index (χ3n) is 5.16. The van der Waals surface area contributed by atoms with Crippen LogP contribution in [-0.2, 0) is 26.2 Å². The molecule has 0 radical (unpaired) electrons. The van der Waals surface area contributed by atoms with Crippen molar-refractivity contribution in [3.63, 3.8) is 0 Å². The highest BCUT2D eigenvalue weighted by molar-refractivity contribution is 7.92. The van der Waals surface area contributed by atoms with Crippen LogP contribution in [0.5, 0.6) is 5.75 Å². The lowest BCUT2D eigenvalue weighted by Crippen LogP contribution is -2.51. The molecule has 12 heteroatoms. The first-order valence-electron chi connectivity index (χ1n) is 10.7. The average molecular weight is 565 g/mol. The Morgan fingerprint density at radius 1 is 1.06 bits per heavy atom. The smallest absolute Gasteiger partial charge is 0.244 e. The highest BCUT2D eigenvalue weighted by atomic mass is 35.5. The van der Waals surface area contributed by atoms with Gasteiger partial charge >= 0.3 is 0 Å². The molecule has 2 rings (SSSR count). The maximum Gasteiger partial charge on any atom is 0.244 e. The van der Waals surface area contributed by atoms with E-state index in [1.165, 1.54) is 30.2 Å². The first kappa shape index (κ1) is 29.0. The molecule has 0 saturated heterocycles. The fraction of sp³-hybridized carbons (Fsp3) is 0.391. The van der Waals surface area contributed by atoms with Gasteiger partial charge in [0.2, 0.25) is 21.8 Å². The normalized spacial score (nSPS) is 12.1. The summed E-state index contributed by atoms with van der Waals surface area (Å²) in [6, 6.07) is 8.38. The fourth-order valence-corrected chi connectivity index (χ4v) is 4.65. The maximum absolute atomic E-state index is 13.5. The summed E-state index contributed by atoms with van der Waals surface area (Å²) in [5.74, 6) is -0.594. The molecule has 8 nitrogen and oxygen atoms in total. The van der Waals surface area contributed by atoms with E-state index in [0.29, 0.717) is 27.9 Å². The van der Waals surface area contributed by atoms with Crippen LogP contribution < -0.4 is 14.4 Å². The first-order chi connectivity index (χ1) is 16.4. The Bertz CT molecular complexity index is 1180. The maximum atomic E-state index is 13.5. The Balaban J connectivity index is 2.42. The molecule has 0 saturated carbocycles. The molecule has 0 fully saturated rings. The van der Waals surface area contributed by atoms with Gasteiger partial charge in [-0.2, -0.15) is 0 Å². The molecule has 1 N–H and O–H groups in total. The summed E-state index contributed by atoms with van der Waals surface area (Å²) in [5.41, 5.74) is 0.811. The second-order valence-corrected chi connectivity index (χ2v) is 11.0. The van der Waals surface area contributed by atoms with Crippen LogP contribution in [0.4, 0.5) is 5.69 Å². The van der Waals surface area contributed by atoms with Gasteiger partial charge in [0.1, 0.15) is 18.3 Å². The highest BCUT2D eigenvalue weighted by Crippen LogP contribution is 2.30. The minimum absolute atomic E-state index is 0.0113. The molecule has 2 aromatic carbocycles. The monoisotopic (exact) mass is 563 g/mol. The predicted octanol–water partition coefficient (Wildman–Crippen LogP) is 4.36. The third-order valence-corrected chi connectivity index (χ3v) is 7.33. The van der Waals surface area contributed by atoms with Crippen molar-refractivity contribution in [1.82, 2.24) is 10.2 Å². The molecule has 192 valence electrons. The topological polar surface area (TPSA) is 96.0 Å². The van der Waals surface area contributed by atoms with E-state index < -0.39 is 28.5 Å². The fourth-order valence-electron chi connectivity index (χ4n) is 3.24. The van der Waals surface area contributed by atoms with Gasteiger partial charge in [-0.15, -0.1) is 0 Å². The van der Waals surface area contributed by atoms with Crippen LogP contribution in [0, 0.1) is 0 Å².